The second-order valence-corrected chi connectivity index (χ2v) is 6.06. The van der Waals surface area contributed by atoms with Crippen LogP contribution < -0.4 is 5.32 Å². The van der Waals surface area contributed by atoms with Crippen molar-refractivity contribution >= 4 is 0 Å². The molecule has 2 aliphatic heterocycles. The lowest BCUT2D eigenvalue weighted by Crippen LogP contribution is -2.48. The van der Waals surface area contributed by atoms with E-state index in [1.807, 2.05) is 0 Å². The summed E-state index contributed by atoms with van der Waals surface area (Å²) in [5, 5.41) is 3.62. The van der Waals surface area contributed by atoms with Crippen LogP contribution in [-0.4, -0.2) is 29.6 Å². The fraction of sp³-hybridized carbons (Fsp3) is 0.625. The predicted molar refractivity (Wildman–Crippen MR) is 75.4 cm³/mol. The molecule has 4 heteroatoms. The normalized spacial score (nSPS) is 29.1. The highest BCUT2D eigenvalue weighted by molar-refractivity contribution is 5.18. The molecule has 2 unspecified atom stereocenters. The molecule has 1 aromatic carbocycles. The summed E-state index contributed by atoms with van der Waals surface area (Å²) in [5.41, 5.74) is 0.470. The summed E-state index contributed by atoms with van der Waals surface area (Å²) in [4.78, 5) is 2.30. The molecule has 20 heavy (non-hydrogen) atoms. The van der Waals surface area contributed by atoms with Gasteiger partial charge >= 0.3 is 0 Å². The van der Waals surface area contributed by atoms with Crippen LogP contribution in [0.15, 0.2) is 18.2 Å². The Morgan fingerprint density at radius 2 is 1.90 bits per heavy atom. The quantitative estimate of drug-likeness (QED) is 0.912. The third-order valence-corrected chi connectivity index (χ3v) is 4.75. The van der Waals surface area contributed by atoms with E-state index < -0.39 is 0 Å². The number of hydrogen-bond acceptors (Lipinski definition) is 2. The van der Waals surface area contributed by atoms with E-state index in [0.29, 0.717) is 30.2 Å². The number of halogens is 2. The summed E-state index contributed by atoms with van der Waals surface area (Å²) in [6, 6.07) is 5.45. The molecule has 0 aromatic heterocycles. The van der Waals surface area contributed by atoms with E-state index in [1.165, 1.54) is 31.0 Å². The highest BCUT2D eigenvalue weighted by Gasteiger charge is 2.35. The van der Waals surface area contributed by atoms with Crippen LogP contribution in [0.1, 0.15) is 38.2 Å². The summed E-state index contributed by atoms with van der Waals surface area (Å²) in [7, 11) is 0. The van der Waals surface area contributed by atoms with Crippen LogP contribution in [0.25, 0.3) is 0 Å². The van der Waals surface area contributed by atoms with Crippen molar-refractivity contribution in [2.24, 2.45) is 0 Å². The van der Waals surface area contributed by atoms with Gasteiger partial charge in [0.1, 0.15) is 11.6 Å². The molecule has 110 valence electrons. The molecule has 2 saturated heterocycles. The van der Waals surface area contributed by atoms with Gasteiger partial charge in [-0.2, -0.15) is 0 Å². The fourth-order valence-electron chi connectivity index (χ4n) is 3.71. The monoisotopic (exact) mass is 280 g/mol. The van der Waals surface area contributed by atoms with Crippen LogP contribution in [-0.2, 0) is 6.54 Å². The van der Waals surface area contributed by atoms with Crippen LogP contribution >= 0.6 is 0 Å². The topological polar surface area (TPSA) is 15.3 Å². The van der Waals surface area contributed by atoms with E-state index in [2.05, 4.69) is 17.1 Å². The smallest absolute Gasteiger partial charge is 0.127 e. The minimum Gasteiger partial charge on any atom is -0.311 e. The minimum atomic E-state index is -0.358. The number of nitrogens with zero attached hydrogens (tertiary/aromatic N) is 1. The van der Waals surface area contributed by atoms with E-state index in [4.69, 9.17) is 0 Å². The van der Waals surface area contributed by atoms with E-state index in [-0.39, 0.29) is 11.6 Å². The van der Waals surface area contributed by atoms with Crippen molar-refractivity contribution in [1.29, 1.82) is 0 Å². The van der Waals surface area contributed by atoms with Gasteiger partial charge in [-0.25, -0.2) is 8.78 Å². The Bertz CT molecular complexity index is 466. The predicted octanol–water partition coefficient (Wildman–Crippen LogP) is 3.07. The Kier molecular flexibility index (Phi) is 4.03. The molecule has 0 spiro atoms. The van der Waals surface area contributed by atoms with Crippen molar-refractivity contribution in [3.05, 3.63) is 35.4 Å². The third kappa shape index (κ3) is 2.86. The molecule has 2 aliphatic rings. The maximum Gasteiger partial charge on any atom is 0.127 e. The van der Waals surface area contributed by atoms with Gasteiger partial charge in [0.15, 0.2) is 0 Å². The van der Waals surface area contributed by atoms with Gasteiger partial charge in [0.25, 0.3) is 0 Å². The first-order chi connectivity index (χ1) is 9.65. The first-order valence-corrected chi connectivity index (χ1v) is 7.59. The lowest BCUT2D eigenvalue weighted by molar-refractivity contribution is 0.139. The van der Waals surface area contributed by atoms with Gasteiger partial charge in [-0.3, -0.25) is 4.90 Å². The standard InChI is InChI=1S/C16H22F2N2/c1-2-20(10-11-7-12(17)3-6-16(11)18)15-8-13-4-5-14(9-15)19-13/h3,6-7,13-15,19H,2,4-5,8-10H2,1H3. The average molecular weight is 280 g/mol. The fourth-order valence-corrected chi connectivity index (χ4v) is 3.71. The van der Waals surface area contributed by atoms with Gasteiger partial charge in [-0.1, -0.05) is 6.92 Å². The van der Waals surface area contributed by atoms with Crippen molar-refractivity contribution in [3.63, 3.8) is 0 Å². The summed E-state index contributed by atoms with van der Waals surface area (Å²) in [6.07, 6.45) is 4.77. The second-order valence-electron chi connectivity index (χ2n) is 6.06. The Balaban J connectivity index is 1.72. The van der Waals surface area contributed by atoms with Crippen LogP contribution in [0.2, 0.25) is 0 Å². The minimum absolute atomic E-state index is 0.304. The summed E-state index contributed by atoms with van der Waals surface area (Å²) in [6.45, 7) is 3.48. The van der Waals surface area contributed by atoms with Crippen LogP contribution in [0.4, 0.5) is 8.78 Å². The molecule has 2 atom stereocenters. The van der Waals surface area contributed by atoms with Gasteiger partial charge in [-0.15, -0.1) is 0 Å². The maximum absolute atomic E-state index is 13.8. The average Bonchev–Trinajstić information content (AvgIpc) is 2.78. The van der Waals surface area contributed by atoms with E-state index in [0.717, 1.165) is 19.4 Å². The molecule has 0 amide bonds. The Morgan fingerprint density at radius 1 is 1.20 bits per heavy atom. The van der Waals surface area contributed by atoms with E-state index in [9.17, 15) is 8.78 Å². The largest absolute Gasteiger partial charge is 0.311 e. The van der Waals surface area contributed by atoms with Gasteiger partial charge in [0.2, 0.25) is 0 Å². The van der Waals surface area contributed by atoms with Crippen molar-refractivity contribution in [3.8, 4) is 0 Å². The zero-order chi connectivity index (χ0) is 14.1. The number of benzene rings is 1. The van der Waals surface area contributed by atoms with Crippen molar-refractivity contribution in [2.45, 2.75) is 57.3 Å². The van der Waals surface area contributed by atoms with Crippen molar-refractivity contribution in [2.75, 3.05) is 6.54 Å². The number of fused-ring (bicyclic) bond motifs is 2. The molecule has 2 heterocycles. The summed E-state index contributed by atoms with van der Waals surface area (Å²) >= 11 is 0. The lowest BCUT2D eigenvalue weighted by atomic mass is 9.97. The molecule has 0 radical (unpaired) electrons. The summed E-state index contributed by atoms with van der Waals surface area (Å²) < 4.78 is 27.1. The third-order valence-electron chi connectivity index (χ3n) is 4.75. The second kappa shape index (κ2) is 5.78. The first kappa shape index (κ1) is 14.0. The highest BCUT2D eigenvalue weighted by atomic mass is 19.1. The van der Waals surface area contributed by atoms with Crippen molar-refractivity contribution < 1.29 is 8.78 Å². The SMILES string of the molecule is CCN(Cc1cc(F)ccc1F)C1CC2CCC(C1)N2. The van der Waals surface area contributed by atoms with Crippen LogP contribution in [0, 0.1) is 11.6 Å². The van der Waals surface area contributed by atoms with Crippen LogP contribution in [0.3, 0.4) is 0 Å². The summed E-state index contributed by atoms with van der Waals surface area (Å²) in [5.74, 6) is -0.662. The number of rotatable bonds is 4. The molecule has 2 fully saturated rings. The highest BCUT2D eigenvalue weighted by Crippen LogP contribution is 2.30. The van der Waals surface area contributed by atoms with Crippen molar-refractivity contribution in [1.82, 2.24) is 10.2 Å². The molecule has 1 N–H and O–H groups in total. The van der Waals surface area contributed by atoms with Gasteiger partial charge in [-0.05, 0) is 50.4 Å². The van der Waals surface area contributed by atoms with Gasteiger partial charge in [0, 0.05) is 30.2 Å². The van der Waals surface area contributed by atoms with Crippen LogP contribution in [0.5, 0.6) is 0 Å². The van der Waals surface area contributed by atoms with E-state index in [1.54, 1.807) is 0 Å². The molecule has 2 nitrogen and oxygen atoms in total. The molecule has 3 rings (SSSR count). The molecule has 1 aromatic rings. The molecule has 2 bridgehead atoms. The molecular formula is C16H22F2N2. The zero-order valence-corrected chi connectivity index (χ0v) is 11.9. The molecule has 0 saturated carbocycles. The molecular weight excluding hydrogens is 258 g/mol. The maximum atomic E-state index is 13.8. The molecule has 0 aliphatic carbocycles. The number of nitrogens with one attached hydrogen (secondary N) is 1. The lowest BCUT2D eigenvalue weighted by Gasteiger charge is -2.37. The Hall–Kier alpha value is -1.00. The van der Waals surface area contributed by atoms with Gasteiger partial charge < -0.3 is 5.32 Å². The number of hydrogen-bond donors (Lipinski definition) is 1. The Morgan fingerprint density at radius 3 is 2.55 bits per heavy atom. The zero-order valence-electron chi connectivity index (χ0n) is 11.9. The van der Waals surface area contributed by atoms with Gasteiger partial charge in [0.05, 0.1) is 0 Å². The van der Waals surface area contributed by atoms with E-state index >= 15 is 0 Å². The Labute approximate surface area is 119 Å². The number of piperidine rings is 1. The first-order valence-electron chi connectivity index (χ1n) is 7.59.